The average Bonchev–Trinajstić information content (AvgIpc) is 3.33. The summed E-state index contributed by atoms with van der Waals surface area (Å²) >= 11 is 0. The number of rotatable bonds is 4. The van der Waals surface area contributed by atoms with Crippen molar-refractivity contribution in [1.29, 1.82) is 0 Å². The number of carboxylic acids is 1. The Bertz CT molecular complexity index is 813. The van der Waals surface area contributed by atoms with Gasteiger partial charge in [0.15, 0.2) is 0 Å². The highest BCUT2D eigenvalue weighted by Crippen LogP contribution is 2.40. The predicted octanol–water partition coefficient (Wildman–Crippen LogP) is 3.10. The van der Waals surface area contributed by atoms with Gasteiger partial charge in [0.25, 0.3) is 5.91 Å². The van der Waals surface area contributed by atoms with Crippen LogP contribution in [0.2, 0.25) is 0 Å². The summed E-state index contributed by atoms with van der Waals surface area (Å²) in [6.07, 6.45) is 4.43. The van der Waals surface area contributed by atoms with Crippen LogP contribution in [-0.4, -0.2) is 28.0 Å². The SMILES string of the molecule is O=C(N[C@H]1CCC[C@H]1C(=O)O)c1cc(C2CC2)nc2ccccc12. The minimum Gasteiger partial charge on any atom is -0.481 e. The van der Waals surface area contributed by atoms with Crippen LogP contribution in [0.4, 0.5) is 0 Å². The molecule has 0 spiro atoms. The van der Waals surface area contributed by atoms with Gasteiger partial charge in [0.05, 0.1) is 17.0 Å². The lowest BCUT2D eigenvalue weighted by atomic mass is 10.0. The standard InChI is InChI=1S/C19H20N2O3/c22-18(21-16-7-3-5-13(16)19(23)24)14-10-17(11-8-9-11)20-15-6-2-1-4-12(14)15/h1-2,4,6,10-11,13,16H,3,5,7-9H2,(H,21,22)(H,23,24)/t13-,16+/m1/s1. The number of carboxylic acid groups (broad SMARTS) is 1. The zero-order valence-corrected chi connectivity index (χ0v) is 13.4. The van der Waals surface area contributed by atoms with E-state index in [0.29, 0.717) is 17.9 Å². The Morgan fingerprint density at radius 3 is 2.67 bits per heavy atom. The van der Waals surface area contributed by atoms with Crippen LogP contribution in [0.25, 0.3) is 10.9 Å². The molecular formula is C19H20N2O3. The lowest BCUT2D eigenvalue weighted by Gasteiger charge is -2.18. The molecule has 5 heteroatoms. The van der Waals surface area contributed by atoms with Crippen LogP contribution in [0.15, 0.2) is 30.3 Å². The molecule has 0 saturated heterocycles. The van der Waals surface area contributed by atoms with E-state index in [1.807, 2.05) is 30.3 Å². The average molecular weight is 324 g/mol. The second-order valence-electron chi connectivity index (χ2n) is 6.84. The van der Waals surface area contributed by atoms with Gasteiger partial charge < -0.3 is 10.4 Å². The first-order chi connectivity index (χ1) is 11.6. The van der Waals surface area contributed by atoms with Crippen LogP contribution < -0.4 is 5.32 Å². The molecule has 1 aromatic carbocycles. The molecule has 1 heterocycles. The number of benzene rings is 1. The predicted molar refractivity (Wildman–Crippen MR) is 89.9 cm³/mol. The van der Waals surface area contributed by atoms with Gasteiger partial charge in [0.2, 0.25) is 0 Å². The third-order valence-corrected chi connectivity index (χ3v) is 5.13. The maximum atomic E-state index is 12.8. The Morgan fingerprint density at radius 2 is 1.92 bits per heavy atom. The molecule has 0 bridgehead atoms. The van der Waals surface area contributed by atoms with Gasteiger partial charge in [0.1, 0.15) is 0 Å². The number of carbonyl (C=O) groups excluding carboxylic acids is 1. The number of hydrogen-bond donors (Lipinski definition) is 2. The lowest BCUT2D eigenvalue weighted by Crippen LogP contribution is -2.40. The first-order valence-electron chi connectivity index (χ1n) is 8.57. The number of aromatic nitrogens is 1. The number of aliphatic carboxylic acids is 1. The van der Waals surface area contributed by atoms with Crippen LogP contribution in [0.5, 0.6) is 0 Å². The van der Waals surface area contributed by atoms with E-state index in [0.717, 1.165) is 42.3 Å². The van der Waals surface area contributed by atoms with E-state index in [9.17, 15) is 14.7 Å². The minimum atomic E-state index is -0.823. The summed E-state index contributed by atoms with van der Waals surface area (Å²) in [5.41, 5.74) is 2.41. The van der Waals surface area contributed by atoms with E-state index in [1.165, 1.54) is 0 Å². The van der Waals surface area contributed by atoms with Crippen LogP contribution in [0.3, 0.4) is 0 Å². The second-order valence-corrected chi connectivity index (χ2v) is 6.84. The van der Waals surface area contributed by atoms with E-state index >= 15 is 0 Å². The number of nitrogens with one attached hydrogen (secondary N) is 1. The van der Waals surface area contributed by atoms with Crippen LogP contribution in [0.1, 0.15) is 54.1 Å². The number of amides is 1. The van der Waals surface area contributed by atoms with Gasteiger partial charge in [0, 0.05) is 23.0 Å². The van der Waals surface area contributed by atoms with E-state index in [-0.39, 0.29) is 11.9 Å². The van der Waals surface area contributed by atoms with E-state index in [1.54, 1.807) is 0 Å². The Labute approximate surface area is 140 Å². The van der Waals surface area contributed by atoms with E-state index in [4.69, 9.17) is 0 Å². The van der Waals surface area contributed by atoms with Crippen LogP contribution in [0, 0.1) is 5.92 Å². The van der Waals surface area contributed by atoms with Crippen molar-refractivity contribution in [2.45, 2.75) is 44.1 Å². The fourth-order valence-corrected chi connectivity index (χ4v) is 3.65. The number of fused-ring (bicyclic) bond motifs is 1. The molecule has 124 valence electrons. The summed E-state index contributed by atoms with van der Waals surface area (Å²) in [5.74, 6) is -1.03. The third kappa shape index (κ3) is 2.75. The first kappa shape index (κ1) is 15.1. The molecule has 0 unspecified atom stereocenters. The van der Waals surface area contributed by atoms with Gasteiger partial charge in [-0.25, -0.2) is 0 Å². The first-order valence-corrected chi connectivity index (χ1v) is 8.57. The zero-order chi connectivity index (χ0) is 16.7. The molecule has 2 aliphatic carbocycles. The monoisotopic (exact) mass is 324 g/mol. The molecule has 24 heavy (non-hydrogen) atoms. The smallest absolute Gasteiger partial charge is 0.308 e. The molecular weight excluding hydrogens is 304 g/mol. The molecule has 2 saturated carbocycles. The topological polar surface area (TPSA) is 79.3 Å². The van der Waals surface area contributed by atoms with Gasteiger partial charge in [-0.3, -0.25) is 14.6 Å². The van der Waals surface area contributed by atoms with Crippen molar-refractivity contribution in [2.75, 3.05) is 0 Å². The molecule has 5 nitrogen and oxygen atoms in total. The molecule has 2 fully saturated rings. The number of hydrogen-bond acceptors (Lipinski definition) is 3. The van der Waals surface area contributed by atoms with Crippen molar-refractivity contribution in [2.24, 2.45) is 5.92 Å². The molecule has 2 aliphatic rings. The van der Waals surface area contributed by atoms with Crippen molar-refractivity contribution in [1.82, 2.24) is 10.3 Å². The molecule has 1 amide bonds. The molecule has 4 rings (SSSR count). The highest BCUT2D eigenvalue weighted by atomic mass is 16.4. The zero-order valence-electron chi connectivity index (χ0n) is 13.4. The minimum absolute atomic E-state index is 0.186. The summed E-state index contributed by atoms with van der Waals surface area (Å²) < 4.78 is 0. The molecule has 0 radical (unpaired) electrons. The van der Waals surface area contributed by atoms with Crippen molar-refractivity contribution < 1.29 is 14.7 Å². The fraction of sp³-hybridized carbons (Fsp3) is 0.421. The third-order valence-electron chi connectivity index (χ3n) is 5.13. The second kappa shape index (κ2) is 5.89. The number of carbonyl (C=O) groups is 2. The summed E-state index contributed by atoms with van der Waals surface area (Å²) in [6.45, 7) is 0. The molecule has 2 N–H and O–H groups in total. The van der Waals surface area contributed by atoms with Crippen molar-refractivity contribution in [3.63, 3.8) is 0 Å². The largest absolute Gasteiger partial charge is 0.481 e. The van der Waals surface area contributed by atoms with Crippen molar-refractivity contribution in [3.05, 3.63) is 41.6 Å². The number of para-hydroxylation sites is 1. The van der Waals surface area contributed by atoms with E-state index in [2.05, 4.69) is 10.3 Å². The van der Waals surface area contributed by atoms with E-state index < -0.39 is 11.9 Å². The maximum Gasteiger partial charge on any atom is 0.308 e. The number of pyridine rings is 1. The van der Waals surface area contributed by atoms with Gasteiger partial charge in [-0.2, -0.15) is 0 Å². The van der Waals surface area contributed by atoms with Gasteiger partial charge >= 0.3 is 5.97 Å². The highest BCUT2D eigenvalue weighted by Gasteiger charge is 2.34. The van der Waals surface area contributed by atoms with Crippen LogP contribution in [-0.2, 0) is 4.79 Å². The number of nitrogens with zero attached hydrogens (tertiary/aromatic N) is 1. The van der Waals surface area contributed by atoms with Gasteiger partial charge in [-0.15, -0.1) is 0 Å². The quantitative estimate of drug-likeness (QED) is 0.906. The maximum absolute atomic E-state index is 12.8. The normalized spacial score (nSPS) is 23.3. The lowest BCUT2D eigenvalue weighted by molar-refractivity contribution is -0.142. The summed E-state index contributed by atoms with van der Waals surface area (Å²) in [4.78, 5) is 28.9. The van der Waals surface area contributed by atoms with Crippen molar-refractivity contribution in [3.8, 4) is 0 Å². The Morgan fingerprint density at radius 1 is 1.12 bits per heavy atom. The highest BCUT2D eigenvalue weighted by molar-refractivity contribution is 6.06. The Kier molecular flexibility index (Phi) is 3.71. The molecule has 0 aliphatic heterocycles. The van der Waals surface area contributed by atoms with Gasteiger partial charge in [-0.1, -0.05) is 24.6 Å². The van der Waals surface area contributed by atoms with Crippen LogP contribution >= 0.6 is 0 Å². The molecule has 2 atom stereocenters. The summed E-state index contributed by atoms with van der Waals surface area (Å²) in [5, 5.41) is 13.1. The molecule has 1 aromatic heterocycles. The van der Waals surface area contributed by atoms with Crippen molar-refractivity contribution >= 4 is 22.8 Å². The Hall–Kier alpha value is -2.43. The molecule has 2 aromatic rings. The fourth-order valence-electron chi connectivity index (χ4n) is 3.65. The summed E-state index contributed by atoms with van der Waals surface area (Å²) in [7, 11) is 0. The summed E-state index contributed by atoms with van der Waals surface area (Å²) in [6, 6.07) is 9.25. The van der Waals surface area contributed by atoms with Gasteiger partial charge in [-0.05, 0) is 37.8 Å². The Balaban J connectivity index is 1.67.